The summed E-state index contributed by atoms with van der Waals surface area (Å²) in [7, 11) is 3.26. The van der Waals surface area contributed by atoms with Crippen LogP contribution in [0.4, 0.5) is 0 Å². The van der Waals surface area contributed by atoms with Crippen LogP contribution < -0.4 is 9.47 Å². The summed E-state index contributed by atoms with van der Waals surface area (Å²) in [5.41, 5.74) is 1.17. The lowest BCUT2D eigenvalue weighted by Crippen LogP contribution is -2.39. The molecule has 1 aromatic carbocycles. The summed E-state index contributed by atoms with van der Waals surface area (Å²) in [6.07, 6.45) is 3.65. The number of ether oxygens (including phenoxy) is 2. The fourth-order valence-electron chi connectivity index (χ4n) is 2.83. The third-order valence-electron chi connectivity index (χ3n) is 4.67. The van der Waals surface area contributed by atoms with E-state index in [1.807, 2.05) is 32.9 Å². The molecular formula is C17H22O3. The molecule has 3 nitrogen and oxygen atoms in total. The van der Waals surface area contributed by atoms with E-state index in [1.54, 1.807) is 20.3 Å². The van der Waals surface area contributed by atoms with Crippen LogP contribution in [0.25, 0.3) is 0 Å². The summed E-state index contributed by atoms with van der Waals surface area (Å²) in [5.74, 6) is 1.54. The van der Waals surface area contributed by atoms with E-state index in [0.717, 1.165) is 11.1 Å². The molecule has 2 rings (SSSR count). The molecule has 3 heteroatoms. The number of allylic oxidation sites excluding steroid dienone is 2. The Kier molecular flexibility index (Phi) is 3.41. The fourth-order valence-corrected chi connectivity index (χ4v) is 2.83. The second-order valence-corrected chi connectivity index (χ2v) is 6.07. The van der Waals surface area contributed by atoms with Crippen LogP contribution in [0.5, 0.6) is 11.5 Å². The molecule has 0 radical (unpaired) electrons. The minimum absolute atomic E-state index is 0.141. The van der Waals surface area contributed by atoms with E-state index >= 15 is 0 Å². The van der Waals surface area contributed by atoms with Crippen LogP contribution in [0, 0.1) is 12.3 Å². The summed E-state index contributed by atoms with van der Waals surface area (Å²) in [6.45, 7) is 8.04. The van der Waals surface area contributed by atoms with Crippen molar-refractivity contribution in [3.8, 4) is 11.5 Å². The standard InChI is InChI=1S/C17H22O3/c1-11-9-12(15(20-6)13(10-11)19-5)17(4)8-7-14(18)16(17,2)3/h7-10H,1-6H3/t17-/m0/s1. The smallest absolute Gasteiger partial charge is 0.164 e. The van der Waals surface area contributed by atoms with Gasteiger partial charge in [0.05, 0.1) is 14.2 Å². The van der Waals surface area contributed by atoms with Gasteiger partial charge in [0.2, 0.25) is 0 Å². The molecule has 0 N–H and O–H groups in total. The average Bonchev–Trinajstić information content (AvgIpc) is 2.62. The number of ketones is 1. The summed E-state index contributed by atoms with van der Waals surface area (Å²) in [5, 5.41) is 0. The summed E-state index contributed by atoms with van der Waals surface area (Å²) < 4.78 is 11.0. The zero-order valence-electron chi connectivity index (χ0n) is 13.0. The first kappa shape index (κ1) is 14.6. The highest BCUT2D eigenvalue weighted by molar-refractivity contribution is 5.99. The molecule has 0 saturated carbocycles. The minimum Gasteiger partial charge on any atom is -0.493 e. The average molecular weight is 274 g/mol. The summed E-state index contributed by atoms with van der Waals surface area (Å²) >= 11 is 0. The predicted molar refractivity (Wildman–Crippen MR) is 79.6 cm³/mol. The molecule has 0 unspecified atom stereocenters. The molecule has 1 aliphatic carbocycles. The van der Waals surface area contributed by atoms with Gasteiger partial charge in [0.25, 0.3) is 0 Å². The lowest BCUT2D eigenvalue weighted by Gasteiger charge is -2.38. The Balaban J connectivity index is 2.72. The van der Waals surface area contributed by atoms with E-state index in [9.17, 15) is 4.79 Å². The molecule has 0 bridgehead atoms. The molecule has 20 heavy (non-hydrogen) atoms. The van der Waals surface area contributed by atoms with Gasteiger partial charge in [0.1, 0.15) is 0 Å². The topological polar surface area (TPSA) is 35.5 Å². The first-order valence-electron chi connectivity index (χ1n) is 6.74. The van der Waals surface area contributed by atoms with Crippen LogP contribution in [-0.2, 0) is 10.2 Å². The van der Waals surface area contributed by atoms with Crippen molar-refractivity contribution in [3.63, 3.8) is 0 Å². The molecule has 108 valence electrons. The highest BCUT2D eigenvalue weighted by atomic mass is 16.5. The van der Waals surface area contributed by atoms with Gasteiger partial charge in [-0.1, -0.05) is 32.9 Å². The van der Waals surface area contributed by atoms with E-state index in [2.05, 4.69) is 13.0 Å². The molecule has 1 atom stereocenters. The van der Waals surface area contributed by atoms with Crippen molar-refractivity contribution in [2.75, 3.05) is 14.2 Å². The zero-order chi connectivity index (χ0) is 15.1. The van der Waals surface area contributed by atoms with E-state index in [0.29, 0.717) is 11.5 Å². The molecule has 0 aromatic heterocycles. The first-order chi connectivity index (χ1) is 9.27. The molecule has 0 amide bonds. The van der Waals surface area contributed by atoms with Crippen LogP contribution in [0.3, 0.4) is 0 Å². The second kappa shape index (κ2) is 4.65. The number of rotatable bonds is 3. The Bertz CT molecular complexity index is 584. The van der Waals surface area contributed by atoms with Crippen molar-refractivity contribution in [3.05, 3.63) is 35.4 Å². The number of carbonyl (C=O) groups excluding carboxylic acids is 1. The van der Waals surface area contributed by atoms with Gasteiger partial charge in [-0.25, -0.2) is 0 Å². The lowest BCUT2D eigenvalue weighted by atomic mass is 9.64. The first-order valence-corrected chi connectivity index (χ1v) is 6.74. The second-order valence-electron chi connectivity index (χ2n) is 6.07. The normalized spacial score (nSPS) is 24.0. The van der Waals surface area contributed by atoms with E-state index in [4.69, 9.17) is 9.47 Å². The maximum Gasteiger partial charge on any atom is 0.164 e. The summed E-state index contributed by atoms with van der Waals surface area (Å²) in [4.78, 5) is 12.2. The Hall–Kier alpha value is -1.77. The Morgan fingerprint density at radius 1 is 1.05 bits per heavy atom. The lowest BCUT2D eigenvalue weighted by molar-refractivity contribution is -0.123. The van der Waals surface area contributed by atoms with Gasteiger partial charge in [0, 0.05) is 16.4 Å². The van der Waals surface area contributed by atoms with E-state index in [1.165, 1.54) is 0 Å². The maximum absolute atomic E-state index is 12.2. The Labute approximate surface area is 120 Å². The van der Waals surface area contributed by atoms with Crippen molar-refractivity contribution in [2.24, 2.45) is 5.41 Å². The number of hydrogen-bond acceptors (Lipinski definition) is 3. The highest BCUT2D eigenvalue weighted by Gasteiger charge is 2.50. The van der Waals surface area contributed by atoms with Crippen LogP contribution in [-0.4, -0.2) is 20.0 Å². The maximum atomic E-state index is 12.2. The molecule has 0 spiro atoms. The Morgan fingerprint density at radius 3 is 2.15 bits per heavy atom. The van der Waals surface area contributed by atoms with Crippen molar-refractivity contribution < 1.29 is 14.3 Å². The number of benzene rings is 1. The van der Waals surface area contributed by atoms with Gasteiger partial charge in [-0.2, -0.15) is 0 Å². The highest BCUT2D eigenvalue weighted by Crippen LogP contribution is 2.52. The van der Waals surface area contributed by atoms with Gasteiger partial charge in [-0.3, -0.25) is 4.79 Å². The predicted octanol–water partition coefficient (Wildman–Crippen LogP) is 3.44. The van der Waals surface area contributed by atoms with Gasteiger partial charge in [0.15, 0.2) is 17.3 Å². The van der Waals surface area contributed by atoms with Crippen molar-refractivity contribution in [1.29, 1.82) is 0 Å². The van der Waals surface area contributed by atoms with Crippen molar-refractivity contribution in [2.45, 2.75) is 33.1 Å². The monoisotopic (exact) mass is 274 g/mol. The number of carbonyl (C=O) groups is 1. The minimum atomic E-state index is -0.501. The molecule has 0 saturated heterocycles. The van der Waals surface area contributed by atoms with Gasteiger partial charge < -0.3 is 9.47 Å². The Morgan fingerprint density at radius 2 is 1.70 bits per heavy atom. The molecule has 1 aromatic rings. The van der Waals surface area contributed by atoms with E-state index in [-0.39, 0.29) is 5.78 Å². The molecule has 0 fully saturated rings. The zero-order valence-corrected chi connectivity index (χ0v) is 13.0. The van der Waals surface area contributed by atoms with E-state index < -0.39 is 10.8 Å². The largest absolute Gasteiger partial charge is 0.493 e. The quantitative estimate of drug-likeness (QED) is 0.847. The summed E-state index contributed by atoms with van der Waals surface area (Å²) in [6, 6.07) is 4.02. The molecular weight excluding hydrogens is 252 g/mol. The fraction of sp³-hybridized carbons (Fsp3) is 0.471. The van der Waals surface area contributed by atoms with Gasteiger partial charge >= 0.3 is 0 Å². The van der Waals surface area contributed by atoms with Crippen LogP contribution in [0.1, 0.15) is 31.9 Å². The van der Waals surface area contributed by atoms with Crippen LogP contribution in [0.15, 0.2) is 24.3 Å². The van der Waals surface area contributed by atoms with Crippen LogP contribution >= 0.6 is 0 Å². The third kappa shape index (κ3) is 1.84. The SMILES string of the molecule is COc1cc(C)cc([C@]2(C)C=CC(=O)C2(C)C)c1OC. The van der Waals surface area contributed by atoms with Crippen LogP contribution in [0.2, 0.25) is 0 Å². The van der Waals surface area contributed by atoms with Gasteiger partial charge in [-0.05, 0) is 24.6 Å². The van der Waals surface area contributed by atoms with Crippen molar-refractivity contribution >= 4 is 5.78 Å². The number of aryl methyl sites for hydroxylation is 1. The van der Waals surface area contributed by atoms with Gasteiger partial charge in [-0.15, -0.1) is 0 Å². The molecule has 0 aliphatic heterocycles. The third-order valence-corrected chi connectivity index (χ3v) is 4.67. The number of hydrogen-bond donors (Lipinski definition) is 0. The molecule has 0 heterocycles. The van der Waals surface area contributed by atoms with Crippen molar-refractivity contribution in [1.82, 2.24) is 0 Å². The molecule has 1 aliphatic rings. The number of methoxy groups -OCH3 is 2.